The Kier molecular flexibility index (Phi) is 4.29. The quantitative estimate of drug-likeness (QED) is 0.295. The molecule has 0 radical (unpaired) electrons. The maximum absolute atomic E-state index is 10.2. The molecule has 0 atom stereocenters. The highest BCUT2D eigenvalue weighted by Crippen LogP contribution is 1.60. The van der Waals surface area contributed by atoms with Gasteiger partial charge in [-0.25, -0.2) is 5.10 Å². The van der Waals surface area contributed by atoms with Crippen molar-refractivity contribution in [3.63, 3.8) is 0 Å². The third-order valence-electron chi connectivity index (χ3n) is 0.583. The summed E-state index contributed by atoms with van der Waals surface area (Å²) in [6.45, 7) is 0. The fourth-order valence-corrected chi connectivity index (χ4v) is 0.312. The predicted molar refractivity (Wildman–Crippen MR) is 33.2 cm³/mol. The molecule has 5 nitrogen and oxygen atoms in total. The molecule has 1 aromatic heterocycles. The van der Waals surface area contributed by atoms with Crippen LogP contribution in [0.3, 0.4) is 0 Å². The first-order valence-electron chi connectivity index (χ1n) is 2.22. The molecule has 0 fully saturated rings. The van der Waals surface area contributed by atoms with E-state index in [9.17, 15) is 4.79 Å². The number of aromatic amines is 1. The van der Waals surface area contributed by atoms with Gasteiger partial charge in [-0.1, -0.05) is 0 Å². The number of nitrogens with one attached hydrogen (secondary N) is 1. The molecule has 0 aliphatic rings. The van der Waals surface area contributed by atoms with Crippen molar-refractivity contribution in [3.05, 3.63) is 28.7 Å². The number of hydrazine groups is 1. The summed E-state index contributed by atoms with van der Waals surface area (Å²) in [5, 5.41) is 5.67. The fourth-order valence-electron chi connectivity index (χ4n) is 0.312. The molecule has 0 aromatic carbocycles. The van der Waals surface area contributed by atoms with Crippen LogP contribution in [0.5, 0.6) is 0 Å². The molecule has 0 spiro atoms. The lowest BCUT2D eigenvalue weighted by Crippen LogP contribution is -2.02. The number of hydrogen-bond donors (Lipinski definition) is 3. The molecular formula is C4H8N4O. The number of rotatable bonds is 0. The van der Waals surface area contributed by atoms with Crippen LogP contribution in [0.4, 0.5) is 0 Å². The Hall–Kier alpha value is -1.20. The Morgan fingerprint density at radius 3 is 2.44 bits per heavy atom. The minimum absolute atomic E-state index is 0.164. The van der Waals surface area contributed by atoms with E-state index in [0.717, 1.165) is 0 Å². The molecular weight excluding hydrogens is 120 g/mol. The normalized spacial score (nSPS) is 7.33. The molecule has 9 heavy (non-hydrogen) atoms. The van der Waals surface area contributed by atoms with Crippen LogP contribution in [0.1, 0.15) is 0 Å². The maximum atomic E-state index is 10.2. The van der Waals surface area contributed by atoms with Crippen LogP contribution < -0.4 is 17.2 Å². The van der Waals surface area contributed by atoms with Gasteiger partial charge in [0.15, 0.2) is 0 Å². The molecule has 5 heteroatoms. The number of hydrogen-bond acceptors (Lipinski definition) is 4. The molecule has 0 bridgehead atoms. The molecule has 5 N–H and O–H groups in total. The van der Waals surface area contributed by atoms with Crippen molar-refractivity contribution < 1.29 is 0 Å². The first-order chi connectivity index (χ1) is 4.39. The zero-order valence-corrected chi connectivity index (χ0v) is 4.74. The van der Waals surface area contributed by atoms with Crippen molar-refractivity contribution in [2.75, 3.05) is 0 Å². The third kappa shape index (κ3) is 3.39. The van der Waals surface area contributed by atoms with Gasteiger partial charge in [0.1, 0.15) is 0 Å². The molecule has 0 saturated heterocycles. The molecule has 0 aliphatic carbocycles. The van der Waals surface area contributed by atoms with E-state index in [1.165, 1.54) is 12.3 Å². The summed E-state index contributed by atoms with van der Waals surface area (Å²) < 4.78 is 0. The minimum Gasteiger partial charge on any atom is -0.274 e. The summed E-state index contributed by atoms with van der Waals surface area (Å²) in [5.41, 5.74) is -0.164. The first kappa shape index (κ1) is 7.80. The van der Waals surface area contributed by atoms with Gasteiger partial charge in [0, 0.05) is 12.3 Å². The van der Waals surface area contributed by atoms with Crippen LogP contribution in [-0.2, 0) is 0 Å². The van der Waals surface area contributed by atoms with Crippen LogP contribution >= 0.6 is 0 Å². The number of nitrogens with two attached hydrogens (primary N) is 2. The molecule has 0 unspecified atom stereocenters. The van der Waals surface area contributed by atoms with E-state index >= 15 is 0 Å². The van der Waals surface area contributed by atoms with E-state index in [1.807, 2.05) is 0 Å². The predicted octanol–water partition coefficient (Wildman–Crippen LogP) is -1.41. The summed E-state index contributed by atoms with van der Waals surface area (Å²) >= 11 is 0. The van der Waals surface area contributed by atoms with Crippen molar-refractivity contribution in [3.8, 4) is 0 Å². The largest absolute Gasteiger partial charge is 0.274 e. The zero-order valence-electron chi connectivity index (χ0n) is 4.74. The lowest BCUT2D eigenvalue weighted by atomic mass is 10.6. The Morgan fingerprint density at radius 1 is 1.56 bits per heavy atom. The van der Waals surface area contributed by atoms with Gasteiger partial charge in [-0.05, 0) is 6.07 Å². The molecule has 1 heterocycles. The summed E-state index contributed by atoms with van der Waals surface area (Å²) in [5.74, 6) is 8.00. The van der Waals surface area contributed by atoms with Gasteiger partial charge in [-0.3, -0.25) is 16.5 Å². The first-order valence-corrected chi connectivity index (χ1v) is 2.22. The van der Waals surface area contributed by atoms with E-state index in [0.29, 0.717) is 0 Å². The third-order valence-corrected chi connectivity index (χ3v) is 0.583. The van der Waals surface area contributed by atoms with Gasteiger partial charge in [0.05, 0.1) is 0 Å². The highest BCUT2D eigenvalue weighted by Gasteiger charge is 1.70. The van der Waals surface area contributed by atoms with E-state index in [1.54, 1.807) is 6.07 Å². The summed E-state index contributed by atoms with van der Waals surface area (Å²) in [4.78, 5) is 10.2. The second kappa shape index (κ2) is 4.95. The smallest absolute Gasteiger partial charge is 0.264 e. The van der Waals surface area contributed by atoms with Crippen LogP contribution in [0.2, 0.25) is 0 Å². The summed E-state index contributed by atoms with van der Waals surface area (Å²) in [6.07, 6.45) is 1.52. The average molecular weight is 128 g/mol. The van der Waals surface area contributed by atoms with Gasteiger partial charge >= 0.3 is 0 Å². The second-order valence-corrected chi connectivity index (χ2v) is 1.11. The standard InChI is InChI=1S/C4H4N2O.H4N2/c7-4-2-1-3-5-6-4;1-2/h1-3H,(H,6,7);1-2H2. The van der Waals surface area contributed by atoms with E-state index in [-0.39, 0.29) is 5.56 Å². The van der Waals surface area contributed by atoms with E-state index in [2.05, 4.69) is 21.9 Å². The Labute approximate surface area is 51.7 Å². The minimum atomic E-state index is -0.164. The molecule has 0 aliphatic heterocycles. The Bertz CT molecular complexity index is 178. The van der Waals surface area contributed by atoms with Crippen molar-refractivity contribution >= 4 is 0 Å². The summed E-state index contributed by atoms with van der Waals surface area (Å²) in [7, 11) is 0. The molecule has 1 rings (SSSR count). The van der Waals surface area contributed by atoms with E-state index < -0.39 is 0 Å². The number of aromatic nitrogens is 2. The van der Waals surface area contributed by atoms with Crippen molar-refractivity contribution in [1.82, 2.24) is 10.2 Å². The van der Waals surface area contributed by atoms with E-state index in [4.69, 9.17) is 0 Å². The topological polar surface area (TPSA) is 97.8 Å². The van der Waals surface area contributed by atoms with Gasteiger partial charge in [-0.2, -0.15) is 5.10 Å². The highest BCUT2D eigenvalue weighted by molar-refractivity contribution is 4.81. The van der Waals surface area contributed by atoms with Crippen molar-refractivity contribution in [1.29, 1.82) is 0 Å². The van der Waals surface area contributed by atoms with Gasteiger partial charge in [0.25, 0.3) is 5.56 Å². The Morgan fingerprint density at radius 2 is 2.22 bits per heavy atom. The number of nitrogens with zero attached hydrogens (tertiary/aromatic N) is 1. The van der Waals surface area contributed by atoms with Crippen molar-refractivity contribution in [2.45, 2.75) is 0 Å². The number of H-pyrrole nitrogens is 1. The van der Waals surface area contributed by atoms with Gasteiger partial charge < -0.3 is 0 Å². The zero-order chi connectivity index (χ0) is 7.11. The Balaban J connectivity index is 0.000000291. The van der Waals surface area contributed by atoms with Crippen LogP contribution in [0, 0.1) is 0 Å². The van der Waals surface area contributed by atoms with Crippen LogP contribution in [0.25, 0.3) is 0 Å². The van der Waals surface area contributed by atoms with Crippen LogP contribution in [0.15, 0.2) is 23.1 Å². The fraction of sp³-hybridized carbons (Fsp3) is 0. The summed E-state index contributed by atoms with van der Waals surface area (Å²) in [6, 6.07) is 2.99. The van der Waals surface area contributed by atoms with Crippen molar-refractivity contribution in [2.24, 2.45) is 11.7 Å². The van der Waals surface area contributed by atoms with Gasteiger partial charge in [-0.15, -0.1) is 0 Å². The molecule has 0 saturated carbocycles. The molecule has 1 aromatic rings. The lowest BCUT2D eigenvalue weighted by molar-refractivity contribution is 0.988. The monoisotopic (exact) mass is 128 g/mol. The van der Waals surface area contributed by atoms with Gasteiger partial charge in [0.2, 0.25) is 0 Å². The molecule has 0 amide bonds. The molecule has 50 valence electrons. The second-order valence-electron chi connectivity index (χ2n) is 1.11. The lowest BCUT2D eigenvalue weighted by Gasteiger charge is -1.72. The average Bonchev–Trinajstić information content (AvgIpc) is 1.94. The highest BCUT2D eigenvalue weighted by atomic mass is 16.1. The maximum Gasteiger partial charge on any atom is 0.264 e. The van der Waals surface area contributed by atoms with Crippen LogP contribution in [-0.4, -0.2) is 10.2 Å². The SMILES string of the molecule is NN.O=c1cccn[nH]1.